The average molecular weight is 1050 g/mol. The topological polar surface area (TPSA) is 63.7 Å². The summed E-state index contributed by atoms with van der Waals surface area (Å²) in [6.07, 6.45) is 0. The Kier molecular flexibility index (Phi) is 9.53. The van der Waals surface area contributed by atoms with Gasteiger partial charge in [0.15, 0.2) is 0 Å². The van der Waals surface area contributed by atoms with E-state index in [9.17, 15) is 0 Å². The van der Waals surface area contributed by atoms with Crippen molar-refractivity contribution >= 4 is 141 Å². The van der Waals surface area contributed by atoms with E-state index >= 15 is 0 Å². The molecule has 12 aromatic carbocycles. The molecule has 0 N–H and O–H groups in total. The van der Waals surface area contributed by atoms with Crippen LogP contribution in [0.3, 0.4) is 0 Å². The molecule has 0 amide bonds. The van der Waals surface area contributed by atoms with Gasteiger partial charge in [-0.3, -0.25) is 0 Å². The maximum absolute atomic E-state index is 7.47. The number of anilines is 9. The van der Waals surface area contributed by atoms with Gasteiger partial charge in [-0.2, -0.15) is 0 Å². The van der Waals surface area contributed by atoms with Gasteiger partial charge in [0.25, 0.3) is 13.4 Å². The van der Waals surface area contributed by atoms with Crippen molar-refractivity contribution in [3.8, 4) is 34.5 Å². The quantitative estimate of drug-likeness (QED) is 0.146. The normalized spacial score (nSPS) is 13.3. The molecule has 18 rings (SSSR count). The molecule has 0 spiro atoms. The molecule has 4 aliphatic heterocycles. The number of fused-ring (bicyclic) bond motifs is 14. The van der Waals surface area contributed by atoms with E-state index in [1.807, 2.05) is 60.7 Å². The molecule has 382 valence electrons. The minimum Gasteiger partial charge on any atom is -0.458 e. The zero-order chi connectivity index (χ0) is 53.6. The van der Waals surface area contributed by atoms with Gasteiger partial charge >= 0.3 is 0 Å². The first-order valence-corrected chi connectivity index (χ1v) is 27.8. The van der Waals surface area contributed by atoms with Crippen molar-refractivity contribution in [3.05, 3.63) is 261 Å². The third-order valence-electron chi connectivity index (χ3n) is 16.9. The van der Waals surface area contributed by atoms with Gasteiger partial charge < -0.3 is 37.7 Å². The molecule has 0 radical (unpaired) electrons. The van der Waals surface area contributed by atoms with Crippen LogP contribution in [-0.2, 0) is 0 Å². The van der Waals surface area contributed by atoms with Gasteiger partial charge in [-0.05, 0) is 118 Å². The zero-order valence-electron chi connectivity index (χ0n) is 43.9. The lowest BCUT2D eigenvalue weighted by Gasteiger charge is -2.45. The van der Waals surface area contributed by atoms with Crippen molar-refractivity contribution in [2.75, 3.05) is 14.7 Å². The summed E-state index contributed by atoms with van der Waals surface area (Å²) in [5.74, 6) is 4.18. The molecule has 0 saturated carbocycles. The second kappa shape index (κ2) is 17.3. The Labute approximate surface area is 472 Å². The van der Waals surface area contributed by atoms with E-state index in [0.29, 0.717) is 23.0 Å². The zero-order valence-corrected chi connectivity index (χ0v) is 43.9. The van der Waals surface area contributed by atoms with Gasteiger partial charge in [0, 0.05) is 115 Å². The Bertz CT molecular complexity index is 4970. The molecule has 0 unspecified atom stereocenters. The average Bonchev–Trinajstić information content (AvgIpc) is 1.33. The molecule has 10 heteroatoms. The molecule has 0 fully saturated rings. The van der Waals surface area contributed by atoms with Gasteiger partial charge in [-0.1, -0.05) is 133 Å². The van der Waals surface area contributed by atoms with Crippen LogP contribution in [0.5, 0.6) is 34.5 Å². The lowest BCUT2D eigenvalue weighted by atomic mass is 9.30. The van der Waals surface area contributed by atoms with Crippen molar-refractivity contribution in [2.45, 2.75) is 0 Å². The number of hydrogen-bond donors (Lipinski definition) is 0. The van der Waals surface area contributed by atoms with Gasteiger partial charge in [-0.25, -0.2) is 0 Å². The number of para-hydroxylation sites is 7. The molecular formula is C72H43B2N3O5. The smallest absolute Gasteiger partial charge is 0.256 e. The summed E-state index contributed by atoms with van der Waals surface area (Å²) in [7, 11) is 0. The van der Waals surface area contributed by atoms with E-state index < -0.39 is 0 Å². The Morgan fingerprint density at radius 1 is 0.268 bits per heavy atom. The molecule has 14 aromatic rings. The molecule has 82 heavy (non-hydrogen) atoms. The van der Waals surface area contributed by atoms with Gasteiger partial charge in [0.05, 0.1) is 0 Å². The highest BCUT2D eigenvalue weighted by Gasteiger charge is 2.48. The van der Waals surface area contributed by atoms with E-state index in [-0.39, 0.29) is 13.4 Å². The monoisotopic (exact) mass is 1050 g/mol. The Hall–Kier alpha value is -10.8. The number of nitrogens with zero attached hydrogens (tertiary/aromatic N) is 3. The number of furan rings is 2. The van der Waals surface area contributed by atoms with Crippen LogP contribution in [0, 0.1) is 0 Å². The van der Waals surface area contributed by atoms with E-state index in [0.717, 1.165) is 117 Å². The first-order valence-electron chi connectivity index (χ1n) is 27.8. The molecule has 6 heterocycles. The SMILES string of the molecule is c1ccc(N2c3ccccc3B3c4cc5c(cc4Oc4cc(Oc6ccc7c(c6)oc6ccccc67)cc2c43)N(c2ccccc2)c2cc(Oc3ccc4c(c3)oc3ccccc34)cc3c2B5c2ccccc2N3c2ccccc2)cc1. The molecule has 2 aromatic heterocycles. The number of benzene rings is 12. The second-order valence-electron chi connectivity index (χ2n) is 21.5. The third-order valence-corrected chi connectivity index (χ3v) is 16.9. The van der Waals surface area contributed by atoms with E-state index in [1.165, 1.54) is 21.9 Å². The van der Waals surface area contributed by atoms with Gasteiger partial charge in [-0.15, -0.1) is 0 Å². The van der Waals surface area contributed by atoms with Gasteiger partial charge in [0.1, 0.15) is 56.8 Å². The lowest BCUT2D eigenvalue weighted by Crippen LogP contribution is -2.64. The summed E-state index contributed by atoms with van der Waals surface area (Å²) in [5, 5.41) is 4.23. The predicted molar refractivity (Wildman–Crippen MR) is 334 cm³/mol. The molecule has 0 atom stereocenters. The summed E-state index contributed by atoms with van der Waals surface area (Å²) >= 11 is 0. The number of rotatable bonds is 7. The fraction of sp³-hybridized carbons (Fsp3) is 0. The summed E-state index contributed by atoms with van der Waals surface area (Å²) in [6, 6.07) is 91.6. The van der Waals surface area contributed by atoms with E-state index in [4.69, 9.17) is 23.0 Å². The van der Waals surface area contributed by atoms with E-state index in [1.54, 1.807) is 0 Å². The molecule has 0 saturated heterocycles. The third kappa shape index (κ3) is 6.69. The minimum atomic E-state index is -0.193. The summed E-state index contributed by atoms with van der Waals surface area (Å²) in [6.45, 7) is -0.371. The predicted octanol–water partition coefficient (Wildman–Crippen LogP) is 15.6. The Morgan fingerprint density at radius 3 is 1.23 bits per heavy atom. The Morgan fingerprint density at radius 2 is 0.695 bits per heavy atom. The van der Waals surface area contributed by atoms with Crippen LogP contribution in [0.1, 0.15) is 0 Å². The van der Waals surface area contributed by atoms with Crippen LogP contribution in [-0.4, -0.2) is 13.4 Å². The highest BCUT2D eigenvalue weighted by atomic mass is 16.5. The van der Waals surface area contributed by atoms with Crippen LogP contribution in [0.2, 0.25) is 0 Å². The number of ether oxygens (including phenoxy) is 3. The molecule has 8 nitrogen and oxygen atoms in total. The van der Waals surface area contributed by atoms with Crippen molar-refractivity contribution < 1.29 is 23.0 Å². The van der Waals surface area contributed by atoms with Crippen molar-refractivity contribution in [1.29, 1.82) is 0 Å². The lowest BCUT2D eigenvalue weighted by molar-refractivity contribution is 0.463. The van der Waals surface area contributed by atoms with Gasteiger partial charge in [0.2, 0.25) is 0 Å². The highest BCUT2D eigenvalue weighted by molar-refractivity contribution is 7.02. The fourth-order valence-corrected chi connectivity index (χ4v) is 13.6. The Balaban J connectivity index is 0.854. The standard InChI is InChI=1S/C72H43B2N3O5/c1-4-18-44(19-5-1)75-59-28-14-12-26-55(59)73-57-42-58-69(43-61(57)77(46-22-8-3-9-23-46)63-37-49(36-62(75)71(63)73)78-47-32-34-53-51-24-10-16-30-65(51)80-67(53)39-47)82-70-41-50(79-48-33-35-54-52-25-11-17-31-66(52)81-68(54)40-48)38-64-72(70)74(58)56-27-13-15-29-60(56)76(64)45-20-6-2-7-21-45/h1-43H. The molecule has 4 aliphatic rings. The van der Waals surface area contributed by atoms with Crippen molar-refractivity contribution in [3.63, 3.8) is 0 Å². The van der Waals surface area contributed by atoms with Crippen LogP contribution in [0.15, 0.2) is 270 Å². The molecule has 0 aliphatic carbocycles. The largest absolute Gasteiger partial charge is 0.458 e. The fourth-order valence-electron chi connectivity index (χ4n) is 13.6. The number of hydrogen-bond acceptors (Lipinski definition) is 8. The van der Waals surface area contributed by atoms with Crippen LogP contribution in [0.4, 0.5) is 51.2 Å². The van der Waals surface area contributed by atoms with Crippen LogP contribution < -0.4 is 61.7 Å². The summed E-state index contributed by atoms with van der Waals surface area (Å²) < 4.78 is 34.2. The van der Waals surface area contributed by atoms with Crippen LogP contribution in [0.25, 0.3) is 43.9 Å². The van der Waals surface area contributed by atoms with E-state index in [2.05, 4.69) is 215 Å². The minimum absolute atomic E-state index is 0.178. The molecular weight excluding hydrogens is 1010 g/mol. The first kappa shape index (κ1) is 45.1. The summed E-state index contributed by atoms with van der Waals surface area (Å²) in [4.78, 5) is 7.17. The van der Waals surface area contributed by atoms with Crippen molar-refractivity contribution in [1.82, 2.24) is 0 Å². The van der Waals surface area contributed by atoms with Crippen LogP contribution >= 0.6 is 0 Å². The maximum atomic E-state index is 7.47. The first-order chi connectivity index (χ1) is 40.6. The summed E-state index contributed by atoms with van der Waals surface area (Å²) in [5.41, 5.74) is 19.5. The molecule has 0 bridgehead atoms. The highest BCUT2D eigenvalue weighted by Crippen LogP contribution is 2.49. The maximum Gasteiger partial charge on any atom is 0.256 e. The second-order valence-corrected chi connectivity index (χ2v) is 21.5. The van der Waals surface area contributed by atoms with Crippen molar-refractivity contribution in [2.24, 2.45) is 0 Å².